The number of halogens is 1. The van der Waals surface area contributed by atoms with E-state index < -0.39 is 0 Å². The summed E-state index contributed by atoms with van der Waals surface area (Å²) in [5, 5.41) is 13.1. The first kappa shape index (κ1) is 19.0. The second kappa shape index (κ2) is 9.83. The lowest BCUT2D eigenvalue weighted by molar-refractivity contribution is 0.595. The van der Waals surface area contributed by atoms with Crippen molar-refractivity contribution in [2.75, 3.05) is 20.1 Å². The van der Waals surface area contributed by atoms with E-state index in [1.54, 1.807) is 18.4 Å². The summed E-state index contributed by atoms with van der Waals surface area (Å²) in [7, 11) is 1.79. The molecule has 0 spiro atoms. The van der Waals surface area contributed by atoms with Gasteiger partial charge in [0.2, 0.25) is 0 Å². The van der Waals surface area contributed by atoms with E-state index in [0.717, 1.165) is 25.6 Å². The third-order valence-corrected chi connectivity index (χ3v) is 4.33. The molecule has 2 rings (SSSR count). The fourth-order valence-electron chi connectivity index (χ4n) is 2.02. The Morgan fingerprint density at radius 1 is 1.45 bits per heavy atom. The van der Waals surface area contributed by atoms with Crippen LogP contribution < -0.4 is 10.6 Å². The molecule has 0 aliphatic rings. The predicted octanol–water partition coefficient (Wildman–Crippen LogP) is 2.84. The predicted molar refractivity (Wildman–Crippen MR) is 104 cm³/mol. The molecule has 2 aromatic rings. The van der Waals surface area contributed by atoms with E-state index in [1.165, 1.54) is 10.4 Å². The molecule has 0 saturated heterocycles. The highest BCUT2D eigenvalue weighted by Gasteiger charge is 2.07. The lowest BCUT2D eigenvalue weighted by Gasteiger charge is -2.15. The number of nitrogens with zero attached hydrogens (tertiary/aromatic N) is 3. The van der Waals surface area contributed by atoms with Crippen LogP contribution in [0, 0.1) is 6.92 Å². The standard InChI is InChI=1S/C15H23N5S.HI/c1-12-9-19-20(11-12)7-6-17-15(16-3)18-10-13(2)14-5-4-8-21-14;/h4-5,8-9,11,13H,6-7,10H2,1-3H3,(H2,16,17,18);1H. The van der Waals surface area contributed by atoms with Crippen LogP contribution in [0.3, 0.4) is 0 Å². The molecule has 0 bridgehead atoms. The van der Waals surface area contributed by atoms with Crippen molar-refractivity contribution in [3.63, 3.8) is 0 Å². The van der Waals surface area contributed by atoms with Crippen LogP contribution >= 0.6 is 35.3 Å². The zero-order chi connectivity index (χ0) is 15.1. The van der Waals surface area contributed by atoms with Gasteiger partial charge in [0, 0.05) is 37.1 Å². The second-order valence-corrected chi connectivity index (χ2v) is 6.06. The molecule has 0 amide bonds. The maximum atomic E-state index is 4.26. The first-order chi connectivity index (χ1) is 10.2. The van der Waals surface area contributed by atoms with Crippen molar-refractivity contribution in [2.45, 2.75) is 26.3 Å². The average molecular weight is 433 g/mol. The Hall–Kier alpha value is -1.09. The number of thiophene rings is 1. The minimum absolute atomic E-state index is 0. The number of hydrogen-bond donors (Lipinski definition) is 2. The summed E-state index contributed by atoms with van der Waals surface area (Å²) in [5.41, 5.74) is 1.18. The monoisotopic (exact) mass is 433 g/mol. The van der Waals surface area contributed by atoms with Crippen LogP contribution in [-0.4, -0.2) is 35.9 Å². The summed E-state index contributed by atoms with van der Waals surface area (Å²) >= 11 is 1.80. The molecule has 2 N–H and O–H groups in total. The number of aryl methyl sites for hydroxylation is 1. The zero-order valence-corrected chi connectivity index (χ0v) is 16.4. The quantitative estimate of drug-likeness (QED) is 0.419. The van der Waals surface area contributed by atoms with Gasteiger partial charge in [-0.2, -0.15) is 5.10 Å². The summed E-state index contributed by atoms with van der Waals surface area (Å²) in [4.78, 5) is 5.64. The maximum absolute atomic E-state index is 4.26. The van der Waals surface area contributed by atoms with Gasteiger partial charge in [-0.25, -0.2) is 0 Å². The Bertz CT molecular complexity index is 564. The molecule has 0 radical (unpaired) electrons. The third-order valence-electron chi connectivity index (χ3n) is 3.22. The first-order valence-corrected chi connectivity index (χ1v) is 8.04. The Labute approximate surface area is 153 Å². The second-order valence-electron chi connectivity index (χ2n) is 5.08. The van der Waals surface area contributed by atoms with Crippen molar-refractivity contribution < 1.29 is 0 Å². The SMILES string of the molecule is CN=C(NCCn1cc(C)cn1)NCC(C)c1cccs1.I. The van der Waals surface area contributed by atoms with E-state index in [2.05, 4.69) is 45.2 Å². The highest BCUT2D eigenvalue weighted by atomic mass is 127. The Morgan fingerprint density at radius 2 is 2.27 bits per heavy atom. The van der Waals surface area contributed by atoms with Gasteiger partial charge in [-0.05, 0) is 23.9 Å². The molecule has 0 saturated carbocycles. The van der Waals surface area contributed by atoms with Gasteiger partial charge < -0.3 is 10.6 Å². The zero-order valence-electron chi connectivity index (χ0n) is 13.2. The Morgan fingerprint density at radius 3 is 2.86 bits per heavy atom. The van der Waals surface area contributed by atoms with Gasteiger partial charge >= 0.3 is 0 Å². The number of guanidine groups is 1. The summed E-state index contributed by atoms with van der Waals surface area (Å²) in [6, 6.07) is 4.27. The molecule has 2 heterocycles. The van der Waals surface area contributed by atoms with Gasteiger partial charge in [-0.15, -0.1) is 35.3 Å². The molecule has 0 aliphatic heterocycles. The summed E-state index contributed by atoms with van der Waals surface area (Å²) < 4.78 is 1.93. The van der Waals surface area contributed by atoms with Crippen molar-refractivity contribution in [3.05, 3.63) is 40.3 Å². The lowest BCUT2D eigenvalue weighted by atomic mass is 10.1. The van der Waals surface area contributed by atoms with Crippen LogP contribution in [0.4, 0.5) is 0 Å². The number of hydrogen-bond acceptors (Lipinski definition) is 3. The molecule has 22 heavy (non-hydrogen) atoms. The van der Waals surface area contributed by atoms with E-state index in [1.807, 2.05) is 24.0 Å². The van der Waals surface area contributed by atoms with Gasteiger partial charge in [0.25, 0.3) is 0 Å². The smallest absolute Gasteiger partial charge is 0.191 e. The van der Waals surface area contributed by atoms with Crippen LogP contribution in [0.15, 0.2) is 34.9 Å². The topological polar surface area (TPSA) is 54.2 Å². The third kappa shape index (κ3) is 5.96. The molecule has 2 aromatic heterocycles. The van der Waals surface area contributed by atoms with Gasteiger partial charge in [0.1, 0.15) is 0 Å². The van der Waals surface area contributed by atoms with E-state index in [4.69, 9.17) is 0 Å². The minimum atomic E-state index is 0. The molecule has 0 aliphatic carbocycles. The largest absolute Gasteiger partial charge is 0.356 e. The maximum Gasteiger partial charge on any atom is 0.191 e. The molecule has 0 fully saturated rings. The Kier molecular flexibility index (Phi) is 8.47. The van der Waals surface area contributed by atoms with Crippen molar-refractivity contribution in [1.82, 2.24) is 20.4 Å². The molecule has 5 nitrogen and oxygen atoms in total. The molecular weight excluding hydrogens is 409 g/mol. The van der Waals surface area contributed by atoms with Crippen LogP contribution in [-0.2, 0) is 6.54 Å². The summed E-state index contributed by atoms with van der Waals surface area (Å²) in [6.45, 7) is 6.77. The molecule has 0 aromatic carbocycles. The van der Waals surface area contributed by atoms with Crippen LogP contribution in [0.1, 0.15) is 23.3 Å². The number of rotatable bonds is 6. The van der Waals surface area contributed by atoms with E-state index in [9.17, 15) is 0 Å². The molecular formula is C15H24IN5S. The number of aromatic nitrogens is 2. The van der Waals surface area contributed by atoms with Crippen molar-refractivity contribution in [2.24, 2.45) is 4.99 Å². The van der Waals surface area contributed by atoms with E-state index in [0.29, 0.717) is 5.92 Å². The van der Waals surface area contributed by atoms with Crippen LogP contribution in [0.5, 0.6) is 0 Å². The molecule has 1 atom stereocenters. The van der Waals surface area contributed by atoms with Gasteiger partial charge in [0.05, 0.1) is 12.7 Å². The fourth-order valence-corrected chi connectivity index (χ4v) is 2.81. The number of aliphatic imine (C=N–C) groups is 1. The van der Waals surface area contributed by atoms with Gasteiger partial charge in [-0.1, -0.05) is 13.0 Å². The normalized spacial score (nSPS) is 12.6. The first-order valence-electron chi connectivity index (χ1n) is 7.16. The molecule has 122 valence electrons. The van der Waals surface area contributed by atoms with Gasteiger partial charge in [0.15, 0.2) is 5.96 Å². The highest BCUT2D eigenvalue weighted by molar-refractivity contribution is 14.0. The molecule has 1 unspecified atom stereocenters. The van der Waals surface area contributed by atoms with Crippen molar-refractivity contribution >= 4 is 41.3 Å². The average Bonchev–Trinajstić information content (AvgIpc) is 3.14. The highest BCUT2D eigenvalue weighted by Crippen LogP contribution is 2.19. The lowest BCUT2D eigenvalue weighted by Crippen LogP contribution is -2.40. The van der Waals surface area contributed by atoms with Crippen LogP contribution in [0.2, 0.25) is 0 Å². The summed E-state index contributed by atoms with van der Waals surface area (Å²) in [6.07, 6.45) is 3.91. The van der Waals surface area contributed by atoms with Gasteiger partial charge in [-0.3, -0.25) is 9.67 Å². The summed E-state index contributed by atoms with van der Waals surface area (Å²) in [5.74, 6) is 1.32. The van der Waals surface area contributed by atoms with Crippen LogP contribution in [0.25, 0.3) is 0 Å². The molecule has 7 heteroatoms. The number of nitrogens with one attached hydrogen (secondary N) is 2. The minimum Gasteiger partial charge on any atom is -0.356 e. The fraction of sp³-hybridized carbons (Fsp3) is 0.467. The Balaban J connectivity index is 0.00000242. The van der Waals surface area contributed by atoms with E-state index >= 15 is 0 Å². The van der Waals surface area contributed by atoms with E-state index in [-0.39, 0.29) is 24.0 Å². The van der Waals surface area contributed by atoms with Crippen molar-refractivity contribution in [3.8, 4) is 0 Å². The van der Waals surface area contributed by atoms with Crippen molar-refractivity contribution in [1.29, 1.82) is 0 Å².